The highest BCUT2D eigenvalue weighted by Crippen LogP contribution is 2.21. The lowest BCUT2D eigenvalue weighted by Gasteiger charge is -2.07. The second-order valence-electron chi connectivity index (χ2n) is 6.51. The molecule has 0 atom stereocenters. The Kier molecular flexibility index (Phi) is 5.11. The number of nitrogens with one attached hydrogen (secondary N) is 2. The number of hydrogen-bond donors (Lipinski definition) is 3. The van der Waals surface area contributed by atoms with Gasteiger partial charge in [-0.1, -0.05) is 12.1 Å². The molecule has 29 heavy (non-hydrogen) atoms. The smallest absolute Gasteiger partial charge is 0.348 e. The van der Waals surface area contributed by atoms with Gasteiger partial charge in [0.2, 0.25) is 5.89 Å². The lowest BCUT2D eigenvalue weighted by molar-refractivity contribution is 0.102. The van der Waals surface area contributed by atoms with Crippen LogP contribution in [0.5, 0.6) is 0 Å². The van der Waals surface area contributed by atoms with Crippen LogP contribution in [0.4, 0.5) is 11.4 Å². The molecule has 0 radical (unpaired) electrons. The van der Waals surface area contributed by atoms with Gasteiger partial charge in [-0.3, -0.25) is 15.5 Å². The molecule has 1 amide bonds. The van der Waals surface area contributed by atoms with Crippen LogP contribution in [-0.4, -0.2) is 16.1 Å². The van der Waals surface area contributed by atoms with Crippen molar-refractivity contribution in [1.82, 2.24) is 4.98 Å². The van der Waals surface area contributed by atoms with E-state index in [1.807, 2.05) is 29.9 Å². The largest absolute Gasteiger partial charge is 0.407 e. The van der Waals surface area contributed by atoms with Crippen LogP contribution in [-0.2, 0) is 6.42 Å². The Morgan fingerprint density at radius 3 is 2.48 bits per heavy atom. The van der Waals surface area contributed by atoms with Crippen LogP contribution in [0.2, 0.25) is 0 Å². The van der Waals surface area contributed by atoms with Crippen LogP contribution in [0.15, 0.2) is 63.1 Å². The first-order valence-electron chi connectivity index (χ1n) is 8.82. The van der Waals surface area contributed by atoms with E-state index in [0.717, 1.165) is 11.1 Å². The molecule has 0 unspecified atom stereocenters. The number of fused-ring (bicyclic) bond motifs is 1. The van der Waals surface area contributed by atoms with Gasteiger partial charge in [0, 0.05) is 17.7 Å². The molecule has 2 aromatic carbocycles. The molecule has 0 aliphatic carbocycles. The van der Waals surface area contributed by atoms with Crippen LogP contribution in [0.25, 0.3) is 10.2 Å². The first-order chi connectivity index (χ1) is 14.0. The minimum absolute atomic E-state index is 0.256. The van der Waals surface area contributed by atoms with E-state index in [-0.39, 0.29) is 11.5 Å². The van der Waals surface area contributed by atoms with Crippen LogP contribution >= 0.6 is 11.3 Å². The van der Waals surface area contributed by atoms with E-state index in [0.29, 0.717) is 39.5 Å². The minimum atomic E-state index is -0.366. The summed E-state index contributed by atoms with van der Waals surface area (Å²) in [6.07, 6.45) is 0.381. The molecular formula is C21H17N3O4S. The second kappa shape index (κ2) is 7.86. The van der Waals surface area contributed by atoms with Crippen molar-refractivity contribution in [3.8, 4) is 0 Å². The van der Waals surface area contributed by atoms with Crippen molar-refractivity contribution in [1.29, 1.82) is 0 Å². The Balaban J connectivity index is 1.46. The number of hydrogen-bond acceptors (Lipinski definition) is 7. The normalized spacial score (nSPS) is 10.8. The summed E-state index contributed by atoms with van der Waals surface area (Å²) in [5.41, 5.74) is 5.05. The number of aryl methyl sites for hydroxylation is 1. The maximum absolute atomic E-state index is 12.3. The molecular weight excluding hydrogens is 390 g/mol. The molecule has 0 bridgehead atoms. The van der Waals surface area contributed by atoms with Crippen molar-refractivity contribution in [3.05, 3.63) is 86.9 Å². The van der Waals surface area contributed by atoms with Gasteiger partial charge < -0.3 is 9.73 Å². The lowest BCUT2D eigenvalue weighted by Crippen LogP contribution is -2.11. The van der Waals surface area contributed by atoms with E-state index in [4.69, 9.17) is 9.62 Å². The zero-order chi connectivity index (χ0) is 20.4. The highest BCUT2D eigenvalue weighted by Gasteiger charge is 2.11. The Morgan fingerprint density at radius 1 is 1.10 bits per heavy atom. The highest BCUT2D eigenvalue weighted by atomic mass is 32.1. The quantitative estimate of drug-likeness (QED) is 0.428. The summed E-state index contributed by atoms with van der Waals surface area (Å²) >= 11 is 1.43. The molecule has 2 heterocycles. The van der Waals surface area contributed by atoms with Crippen molar-refractivity contribution >= 4 is 38.8 Å². The van der Waals surface area contributed by atoms with Gasteiger partial charge in [-0.05, 0) is 59.8 Å². The van der Waals surface area contributed by atoms with Crippen LogP contribution in [0, 0.1) is 6.92 Å². The molecule has 146 valence electrons. The number of aromatic nitrogens is 1. The zero-order valence-corrected chi connectivity index (χ0v) is 16.2. The van der Waals surface area contributed by atoms with Crippen molar-refractivity contribution in [2.45, 2.75) is 13.3 Å². The summed E-state index contributed by atoms with van der Waals surface area (Å²) < 4.78 is 5.35. The summed E-state index contributed by atoms with van der Waals surface area (Å²) in [4.78, 5) is 29.6. The predicted octanol–water partition coefficient (Wildman–Crippen LogP) is 4.20. The average molecular weight is 407 g/mol. The third-order valence-electron chi connectivity index (χ3n) is 4.44. The molecule has 4 rings (SSSR count). The van der Waals surface area contributed by atoms with Crippen molar-refractivity contribution in [2.24, 2.45) is 0 Å². The summed E-state index contributed by atoms with van der Waals surface area (Å²) in [5, 5.41) is 14.1. The Hall–Kier alpha value is -3.49. The predicted molar refractivity (Wildman–Crippen MR) is 112 cm³/mol. The van der Waals surface area contributed by atoms with Gasteiger partial charge in [-0.15, -0.1) is 11.3 Å². The maximum atomic E-state index is 12.3. The Bertz CT molecular complexity index is 1230. The van der Waals surface area contributed by atoms with Crippen LogP contribution < -0.4 is 16.4 Å². The third kappa shape index (κ3) is 4.03. The second-order valence-corrected chi connectivity index (χ2v) is 7.37. The van der Waals surface area contributed by atoms with Gasteiger partial charge in [0.15, 0.2) is 0 Å². The van der Waals surface area contributed by atoms with Crippen molar-refractivity contribution in [2.75, 3.05) is 10.8 Å². The van der Waals surface area contributed by atoms with E-state index >= 15 is 0 Å². The molecule has 7 nitrogen and oxygen atoms in total. The number of amides is 1. The molecule has 0 spiro atoms. The summed E-state index contributed by atoms with van der Waals surface area (Å²) in [6, 6.07) is 13.7. The number of carbonyl (C=O) groups is 1. The van der Waals surface area contributed by atoms with E-state index in [1.54, 1.807) is 36.4 Å². The standard InChI is InChI=1S/C21H17N3O4S/c1-12-11-29-20-18(12)21(26)28-17(23-20)10-13-2-6-15(7-3-13)22-19(25)14-4-8-16(24-27)9-5-14/h2-9,11,24,27H,10H2,1H3,(H,22,25). The van der Waals surface area contributed by atoms with Gasteiger partial charge in [0.05, 0.1) is 11.1 Å². The van der Waals surface area contributed by atoms with E-state index in [2.05, 4.69) is 10.3 Å². The van der Waals surface area contributed by atoms with Gasteiger partial charge >= 0.3 is 5.63 Å². The summed E-state index contributed by atoms with van der Waals surface area (Å²) in [5.74, 6) is 0.104. The van der Waals surface area contributed by atoms with Gasteiger partial charge in [0.25, 0.3) is 5.91 Å². The molecule has 8 heteroatoms. The zero-order valence-electron chi connectivity index (χ0n) is 15.4. The third-order valence-corrected chi connectivity index (χ3v) is 5.43. The molecule has 0 saturated carbocycles. The molecule has 4 aromatic rings. The minimum Gasteiger partial charge on any atom is -0.407 e. The first-order valence-corrected chi connectivity index (χ1v) is 9.70. The maximum Gasteiger partial charge on any atom is 0.348 e. The molecule has 0 saturated heterocycles. The number of carbonyl (C=O) groups excluding carboxylic acids is 1. The number of thiophene rings is 1. The Morgan fingerprint density at radius 2 is 1.79 bits per heavy atom. The number of nitrogens with zero attached hydrogens (tertiary/aromatic N) is 1. The van der Waals surface area contributed by atoms with E-state index < -0.39 is 0 Å². The fraction of sp³-hybridized carbons (Fsp3) is 0.0952. The first kappa shape index (κ1) is 18.9. The number of anilines is 2. The topological polar surface area (TPSA) is 104 Å². The highest BCUT2D eigenvalue weighted by molar-refractivity contribution is 7.16. The monoisotopic (exact) mass is 407 g/mol. The number of benzene rings is 2. The van der Waals surface area contributed by atoms with Crippen molar-refractivity contribution < 1.29 is 14.4 Å². The lowest BCUT2D eigenvalue weighted by atomic mass is 10.1. The molecule has 0 aliphatic rings. The molecule has 3 N–H and O–H groups in total. The van der Waals surface area contributed by atoms with Crippen LogP contribution in [0.3, 0.4) is 0 Å². The van der Waals surface area contributed by atoms with Gasteiger partial charge in [-0.25, -0.2) is 9.78 Å². The van der Waals surface area contributed by atoms with E-state index in [9.17, 15) is 9.59 Å². The molecule has 0 fully saturated rings. The summed E-state index contributed by atoms with van der Waals surface area (Å²) in [6.45, 7) is 1.86. The molecule has 2 aromatic heterocycles. The fourth-order valence-electron chi connectivity index (χ4n) is 2.91. The average Bonchev–Trinajstić information content (AvgIpc) is 3.10. The SMILES string of the molecule is Cc1csc2nc(Cc3ccc(NC(=O)c4ccc(NO)cc4)cc3)oc(=O)c12. The Labute approximate surface area is 169 Å². The van der Waals surface area contributed by atoms with E-state index in [1.165, 1.54) is 11.3 Å². The van der Waals surface area contributed by atoms with Gasteiger partial charge in [-0.2, -0.15) is 0 Å². The summed E-state index contributed by atoms with van der Waals surface area (Å²) in [7, 11) is 0. The molecule has 0 aliphatic heterocycles. The van der Waals surface area contributed by atoms with Crippen molar-refractivity contribution in [3.63, 3.8) is 0 Å². The van der Waals surface area contributed by atoms with Crippen LogP contribution in [0.1, 0.15) is 27.4 Å². The fourth-order valence-corrected chi connectivity index (χ4v) is 3.83. The number of rotatable bonds is 5. The van der Waals surface area contributed by atoms with Gasteiger partial charge in [0.1, 0.15) is 4.83 Å².